The van der Waals surface area contributed by atoms with Crippen molar-refractivity contribution in [3.05, 3.63) is 59.0 Å². The number of carbonyl (C=O) groups is 2. The Labute approximate surface area is 205 Å². The molecule has 0 bridgehead atoms. The zero-order valence-corrected chi connectivity index (χ0v) is 20.8. The highest BCUT2D eigenvalue weighted by Gasteiger charge is 2.35. The first kappa shape index (κ1) is 26.2. The van der Waals surface area contributed by atoms with Gasteiger partial charge in [-0.1, -0.05) is 44.7 Å². The number of pyridine rings is 1. The molecule has 0 saturated heterocycles. The van der Waals surface area contributed by atoms with Crippen LogP contribution in [0.2, 0.25) is 0 Å². The summed E-state index contributed by atoms with van der Waals surface area (Å²) in [5, 5.41) is 9.79. The maximum absolute atomic E-state index is 14.2. The number of aliphatic hydroxyl groups is 1. The van der Waals surface area contributed by atoms with E-state index in [-0.39, 0.29) is 47.9 Å². The van der Waals surface area contributed by atoms with Gasteiger partial charge in [-0.05, 0) is 25.1 Å². The van der Waals surface area contributed by atoms with E-state index >= 15 is 0 Å². The topological polar surface area (TPSA) is 83.0 Å². The first-order valence-electron chi connectivity index (χ1n) is 11.7. The first-order valence-corrected chi connectivity index (χ1v) is 11.7. The molecule has 0 fully saturated rings. The normalized spacial score (nSPS) is 18.5. The van der Waals surface area contributed by atoms with E-state index in [2.05, 4.69) is 16.8 Å². The summed E-state index contributed by atoms with van der Waals surface area (Å²) in [5.74, 6) is 4.81. The van der Waals surface area contributed by atoms with Crippen molar-refractivity contribution in [1.29, 1.82) is 0 Å². The second-order valence-electron chi connectivity index (χ2n) is 9.29. The third-order valence-electron chi connectivity index (χ3n) is 5.93. The van der Waals surface area contributed by atoms with Gasteiger partial charge in [-0.2, -0.15) is 0 Å². The molecule has 0 unspecified atom stereocenters. The van der Waals surface area contributed by atoms with Crippen LogP contribution in [0.3, 0.4) is 0 Å². The minimum Gasteiger partial charge on any atom is -0.472 e. The smallest absolute Gasteiger partial charge is 0.259 e. The van der Waals surface area contributed by atoms with Gasteiger partial charge in [0.2, 0.25) is 5.88 Å². The van der Waals surface area contributed by atoms with Crippen LogP contribution in [0.4, 0.5) is 4.39 Å². The molecule has 1 N–H and O–H groups in total. The molecule has 0 saturated carbocycles. The fourth-order valence-corrected chi connectivity index (χ4v) is 3.81. The number of hydrogen-bond donors (Lipinski definition) is 1. The number of hydrogen-bond acceptors (Lipinski definition) is 5. The van der Waals surface area contributed by atoms with E-state index in [9.17, 15) is 19.1 Å². The number of amides is 2. The van der Waals surface area contributed by atoms with Crippen molar-refractivity contribution < 1.29 is 23.8 Å². The Bertz CT molecular complexity index is 1140. The second-order valence-corrected chi connectivity index (χ2v) is 9.29. The van der Waals surface area contributed by atoms with Gasteiger partial charge in [0.05, 0.1) is 24.8 Å². The number of carbonyl (C=O) groups excluding carboxylic acids is 2. The van der Waals surface area contributed by atoms with Gasteiger partial charge in [0.25, 0.3) is 11.8 Å². The summed E-state index contributed by atoms with van der Waals surface area (Å²) in [5.41, 5.74) is 0.815. The molecule has 1 aliphatic heterocycles. The van der Waals surface area contributed by atoms with Gasteiger partial charge in [-0.15, -0.1) is 0 Å². The lowest BCUT2D eigenvalue weighted by atomic mass is 9.99. The Morgan fingerprint density at radius 2 is 2.06 bits per heavy atom. The molecule has 2 aromatic rings. The zero-order chi connectivity index (χ0) is 25.7. The minimum absolute atomic E-state index is 0.0221. The Morgan fingerprint density at radius 3 is 2.71 bits per heavy atom. The molecule has 2 amide bonds. The number of aromatic nitrogens is 1. The van der Waals surface area contributed by atoms with E-state index in [0.29, 0.717) is 12.1 Å². The zero-order valence-electron chi connectivity index (χ0n) is 20.8. The quantitative estimate of drug-likeness (QED) is 0.663. The molecule has 1 aromatic carbocycles. The molecule has 186 valence electrons. The fraction of sp³-hybridized carbons (Fsp3) is 0.444. The molecule has 35 heavy (non-hydrogen) atoms. The van der Waals surface area contributed by atoms with Crippen LogP contribution in [0.5, 0.6) is 5.88 Å². The lowest BCUT2D eigenvalue weighted by Crippen LogP contribution is -2.50. The second kappa shape index (κ2) is 11.3. The largest absolute Gasteiger partial charge is 0.472 e. The first-order chi connectivity index (χ1) is 16.6. The number of halogens is 1. The highest BCUT2D eigenvalue weighted by molar-refractivity contribution is 5.97. The van der Waals surface area contributed by atoms with Crippen molar-refractivity contribution in [1.82, 2.24) is 14.8 Å². The third-order valence-corrected chi connectivity index (χ3v) is 5.93. The lowest BCUT2D eigenvalue weighted by molar-refractivity contribution is 0.0312. The highest BCUT2D eigenvalue weighted by Crippen LogP contribution is 2.27. The van der Waals surface area contributed by atoms with Gasteiger partial charge in [-0.3, -0.25) is 9.59 Å². The molecule has 8 heteroatoms. The fourth-order valence-electron chi connectivity index (χ4n) is 3.81. The van der Waals surface area contributed by atoms with Crippen molar-refractivity contribution in [3.8, 4) is 17.7 Å². The van der Waals surface area contributed by atoms with Gasteiger partial charge in [-0.25, -0.2) is 9.37 Å². The molecular weight excluding hydrogens is 449 g/mol. The van der Waals surface area contributed by atoms with E-state index in [1.165, 1.54) is 23.1 Å². The summed E-state index contributed by atoms with van der Waals surface area (Å²) in [4.78, 5) is 33.7. The van der Waals surface area contributed by atoms with E-state index in [4.69, 9.17) is 4.74 Å². The van der Waals surface area contributed by atoms with Gasteiger partial charge in [0, 0.05) is 37.2 Å². The number of fused-ring (bicyclic) bond motifs is 1. The summed E-state index contributed by atoms with van der Waals surface area (Å²) >= 11 is 0. The van der Waals surface area contributed by atoms with Crippen LogP contribution in [-0.2, 0) is 0 Å². The average molecular weight is 482 g/mol. The van der Waals surface area contributed by atoms with Crippen LogP contribution in [-0.4, -0.2) is 70.6 Å². The van der Waals surface area contributed by atoms with Crippen LogP contribution in [0.25, 0.3) is 0 Å². The molecule has 7 nitrogen and oxygen atoms in total. The van der Waals surface area contributed by atoms with Gasteiger partial charge in [0.15, 0.2) is 0 Å². The Balaban J connectivity index is 1.96. The summed E-state index contributed by atoms with van der Waals surface area (Å²) < 4.78 is 20.4. The Hall–Kier alpha value is -3.44. The minimum atomic E-state index is -0.591. The molecule has 1 aromatic heterocycles. The number of ether oxygens (including phenoxy) is 1. The van der Waals surface area contributed by atoms with Crippen LogP contribution in [0.1, 0.15) is 54.0 Å². The summed E-state index contributed by atoms with van der Waals surface area (Å²) in [7, 11) is 1.59. The van der Waals surface area contributed by atoms with Crippen LogP contribution in [0.15, 0.2) is 36.5 Å². The standard InChI is InChI=1S/C27H32FN3O4/c1-17(2)10-11-20-12-22-25(29-13-20)35-24(18(3)14-31(27(22)34)19(4)16-32)15-30(5)26(33)21-8-6-7-9-23(21)28/h6-9,12-13,17-19,24,32H,14-16H2,1-5H3/t18-,19-,24+/m1/s1. The highest BCUT2D eigenvalue weighted by atomic mass is 19.1. The molecule has 3 rings (SSSR count). The molecule has 0 radical (unpaired) electrons. The summed E-state index contributed by atoms with van der Waals surface area (Å²) in [6.45, 7) is 7.87. The van der Waals surface area contributed by atoms with Crippen LogP contribution >= 0.6 is 0 Å². The Kier molecular flexibility index (Phi) is 8.47. The van der Waals surface area contributed by atoms with Crippen LogP contribution < -0.4 is 4.74 Å². The number of aliphatic hydroxyl groups excluding tert-OH is 1. The van der Waals surface area contributed by atoms with E-state index in [1.54, 1.807) is 37.2 Å². The average Bonchev–Trinajstić information content (AvgIpc) is 2.84. The van der Waals surface area contributed by atoms with Crippen molar-refractivity contribution in [2.75, 3.05) is 26.7 Å². The van der Waals surface area contributed by atoms with E-state index in [1.807, 2.05) is 20.8 Å². The number of rotatable bonds is 5. The molecule has 2 heterocycles. The number of likely N-dealkylation sites (N-methyl/N-ethyl adjacent to an activating group) is 1. The molecule has 0 spiro atoms. The van der Waals surface area contributed by atoms with Gasteiger partial charge < -0.3 is 19.6 Å². The molecular formula is C27H32FN3O4. The maximum Gasteiger partial charge on any atom is 0.259 e. The van der Waals surface area contributed by atoms with Crippen molar-refractivity contribution in [3.63, 3.8) is 0 Å². The summed E-state index contributed by atoms with van der Waals surface area (Å²) in [6, 6.07) is 7.05. The van der Waals surface area contributed by atoms with E-state index < -0.39 is 23.9 Å². The SMILES string of the molecule is CC(C)C#Cc1cnc2c(c1)C(=O)N([C@H](C)CO)C[C@@H](C)[C@H](CN(C)C(=O)c1ccccc1F)O2. The number of nitrogens with zero attached hydrogens (tertiary/aromatic N) is 3. The molecule has 1 aliphatic rings. The molecule has 0 aliphatic carbocycles. The Morgan fingerprint density at radius 1 is 1.34 bits per heavy atom. The maximum atomic E-state index is 14.2. The van der Waals surface area contributed by atoms with Gasteiger partial charge >= 0.3 is 0 Å². The van der Waals surface area contributed by atoms with E-state index in [0.717, 1.165) is 0 Å². The van der Waals surface area contributed by atoms with Crippen molar-refractivity contribution in [2.24, 2.45) is 11.8 Å². The van der Waals surface area contributed by atoms with Crippen molar-refractivity contribution in [2.45, 2.75) is 39.8 Å². The predicted molar refractivity (Wildman–Crippen MR) is 130 cm³/mol. The van der Waals surface area contributed by atoms with Gasteiger partial charge in [0.1, 0.15) is 17.5 Å². The lowest BCUT2D eigenvalue weighted by Gasteiger charge is -2.37. The summed E-state index contributed by atoms with van der Waals surface area (Å²) in [6.07, 6.45) is 1.02. The monoisotopic (exact) mass is 481 g/mol. The third kappa shape index (κ3) is 6.17. The van der Waals surface area contributed by atoms with Crippen LogP contribution in [0, 0.1) is 29.5 Å². The number of benzene rings is 1. The predicted octanol–water partition coefficient (Wildman–Crippen LogP) is 3.22. The molecule has 3 atom stereocenters. The van der Waals surface area contributed by atoms with Crippen molar-refractivity contribution >= 4 is 11.8 Å².